The molecule has 0 saturated heterocycles. The zero-order valence-corrected chi connectivity index (χ0v) is 11.3. The molecule has 1 unspecified atom stereocenters. The van der Waals surface area contributed by atoms with Crippen molar-refractivity contribution in [1.29, 1.82) is 0 Å². The summed E-state index contributed by atoms with van der Waals surface area (Å²) in [6, 6.07) is 9.32. The first-order valence-corrected chi connectivity index (χ1v) is 6.52. The van der Waals surface area contributed by atoms with Crippen LogP contribution in [0.3, 0.4) is 0 Å². The van der Waals surface area contributed by atoms with Crippen molar-refractivity contribution in [3.05, 3.63) is 42.4 Å². The van der Waals surface area contributed by atoms with Crippen molar-refractivity contribution in [2.24, 2.45) is 7.05 Å². The summed E-state index contributed by atoms with van der Waals surface area (Å²) < 4.78 is 18.4. The molecule has 3 aromatic rings. The molecule has 0 N–H and O–H groups in total. The van der Waals surface area contributed by atoms with E-state index in [-0.39, 0.29) is 6.10 Å². The van der Waals surface area contributed by atoms with Crippen LogP contribution >= 0.6 is 0 Å². The Labute approximate surface area is 120 Å². The summed E-state index contributed by atoms with van der Waals surface area (Å²) >= 11 is 0. The first kappa shape index (κ1) is 12.0. The van der Waals surface area contributed by atoms with Gasteiger partial charge in [0.2, 0.25) is 5.82 Å². The molecule has 0 aliphatic carbocycles. The lowest BCUT2D eigenvalue weighted by atomic mass is 10.2. The molecule has 2 aromatic heterocycles. The summed E-state index contributed by atoms with van der Waals surface area (Å²) in [6.45, 7) is 0.349. The highest BCUT2D eigenvalue weighted by atomic mass is 16.6. The largest absolute Gasteiger partial charge is 0.485 e. The van der Waals surface area contributed by atoms with Crippen molar-refractivity contribution in [2.45, 2.75) is 6.10 Å². The highest BCUT2D eigenvalue weighted by Gasteiger charge is 2.27. The highest BCUT2D eigenvalue weighted by Crippen LogP contribution is 2.35. The maximum Gasteiger partial charge on any atom is 0.276 e. The van der Waals surface area contributed by atoms with E-state index in [1.54, 1.807) is 10.9 Å². The van der Waals surface area contributed by atoms with E-state index in [1.807, 2.05) is 37.4 Å². The number of rotatable bonds is 2. The zero-order chi connectivity index (χ0) is 14.2. The van der Waals surface area contributed by atoms with Crippen LogP contribution in [0.25, 0.3) is 11.6 Å². The van der Waals surface area contributed by atoms with Crippen LogP contribution in [0.2, 0.25) is 0 Å². The van der Waals surface area contributed by atoms with E-state index in [2.05, 4.69) is 15.2 Å². The molecule has 0 saturated carbocycles. The van der Waals surface area contributed by atoms with E-state index in [0.717, 1.165) is 11.4 Å². The maximum absolute atomic E-state index is 5.85. The second-order valence-corrected chi connectivity index (χ2v) is 4.66. The zero-order valence-electron chi connectivity index (χ0n) is 11.3. The molecule has 21 heavy (non-hydrogen) atoms. The van der Waals surface area contributed by atoms with Gasteiger partial charge < -0.3 is 14.0 Å². The van der Waals surface area contributed by atoms with Gasteiger partial charge in [-0.2, -0.15) is 10.1 Å². The number of ether oxygens (including phenoxy) is 2. The van der Waals surface area contributed by atoms with Crippen LogP contribution in [0.1, 0.15) is 11.9 Å². The normalized spacial score (nSPS) is 16.9. The maximum atomic E-state index is 5.85. The van der Waals surface area contributed by atoms with Gasteiger partial charge in [0.25, 0.3) is 5.89 Å². The van der Waals surface area contributed by atoms with Gasteiger partial charge in [-0.05, 0) is 18.2 Å². The molecule has 1 aromatic carbocycles. The fourth-order valence-electron chi connectivity index (χ4n) is 2.20. The van der Waals surface area contributed by atoms with E-state index in [4.69, 9.17) is 14.0 Å². The van der Waals surface area contributed by atoms with Crippen LogP contribution < -0.4 is 9.47 Å². The number of nitrogens with zero attached hydrogens (tertiary/aromatic N) is 4. The second kappa shape index (κ2) is 4.62. The Morgan fingerprint density at radius 1 is 1.19 bits per heavy atom. The molecule has 3 heterocycles. The van der Waals surface area contributed by atoms with Crippen LogP contribution in [0.4, 0.5) is 0 Å². The lowest BCUT2D eigenvalue weighted by Crippen LogP contribution is -2.22. The molecule has 0 spiro atoms. The molecule has 106 valence electrons. The Kier molecular flexibility index (Phi) is 2.63. The van der Waals surface area contributed by atoms with Gasteiger partial charge in [-0.15, -0.1) is 0 Å². The van der Waals surface area contributed by atoms with Crippen LogP contribution in [-0.2, 0) is 7.05 Å². The van der Waals surface area contributed by atoms with E-state index in [9.17, 15) is 0 Å². The van der Waals surface area contributed by atoms with E-state index < -0.39 is 0 Å². The summed E-state index contributed by atoms with van der Waals surface area (Å²) in [5, 5.41) is 8.06. The van der Waals surface area contributed by atoms with E-state index >= 15 is 0 Å². The number of benzene rings is 1. The second-order valence-electron chi connectivity index (χ2n) is 4.66. The average Bonchev–Trinajstić information content (AvgIpc) is 3.15. The SMILES string of the molecule is Cn1nccc1-c1nc(C2COc3ccccc3O2)no1. The molecule has 0 radical (unpaired) electrons. The fraction of sp³-hybridized carbons (Fsp3) is 0.214. The molecule has 1 aliphatic heterocycles. The summed E-state index contributed by atoms with van der Waals surface area (Å²) in [5.74, 6) is 2.28. The van der Waals surface area contributed by atoms with Crippen LogP contribution in [0.5, 0.6) is 11.5 Å². The predicted molar refractivity (Wildman–Crippen MR) is 71.8 cm³/mol. The van der Waals surface area contributed by atoms with Crippen molar-refractivity contribution in [1.82, 2.24) is 19.9 Å². The van der Waals surface area contributed by atoms with Crippen molar-refractivity contribution in [3.63, 3.8) is 0 Å². The fourth-order valence-corrected chi connectivity index (χ4v) is 2.20. The van der Waals surface area contributed by atoms with Gasteiger partial charge in [-0.25, -0.2) is 0 Å². The molecule has 0 fully saturated rings. The van der Waals surface area contributed by atoms with E-state index in [0.29, 0.717) is 24.1 Å². The van der Waals surface area contributed by atoms with Gasteiger partial charge in [-0.3, -0.25) is 4.68 Å². The minimum atomic E-state index is -0.384. The topological polar surface area (TPSA) is 75.2 Å². The molecule has 7 nitrogen and oxygen atoms in total. The third-order valence-corrected chi connectivity index (χ3v) is 3.28. The van der Waals surface area contributed by atoms with Crippen LogP contribution in [0, 0.1) is 0 Å². The van der Waals surface area contributed by atoms with Crippen molar-refractivity contribution >= 4 is 0 Å². The van der Waals surface area contributed by atoms with Gasteiger partial charge in [0.15, 0.2) is 17.6 Å². The monoisotopic (exact) mass is 284 g/mol. The van der Waals surface area contributed by atoms with Gasteiger partial charge in [-0.1, -0.05) is 17.3 Å². The summed E-state index contributed by atoms with van der Waals surface area (Å²) in [5.41, 5.74) is 0.755. The Hall–Kier alpha value is -2.83. The number of aryl methyl sites for hydroxylation is 1. The molecule has 0 amide bonds. The molecule has 7 heteroatoms. The minimum Gasteiger partial charge on any atom is -0.485 e. The van der Waals surface area contributed by atoms with Gasteiger partial charge >= 0.3 is 0 Å². The Balaban J connectivity index is 1.61. The van der Waals surface area contributed by atoms with Crippen molar-refractivity contribution in [2.75, 3.05) is 6.61 Å². The summed E-state index contributed by atoms with van der Waals surface area (Å²) in [4.78, 5) is 4.37. The number of hydrogen-bond acceptors (Lipinski definition) is 6. The third kappa shape index (κ3) is 2.03. The smallest absolute Gasteiger partial charge is 0.276 e. The molecule has 1 atom stereocenters. The van der Waals surface area contributed by atoms with Crippen molar-refractivity contribution < 1.29 is 14.0 Å². The quantitative estimate of drug-likeness (QED) is 0.716. The van der Waals surface area contributed by atoms with Gasteiger partial charge in [0, 0.05) is 13.2 Å². The van der Waals surface area contributed by atoms with Gasteiger partial charge in [0.1, 0.15) is 12.3 Å². The Bertz CT molecular complexity index is 780. The Morgan fingerprint density at radius 3 is 2.86 bits per heavy atom. The summed E-state index contributed by atoms with van der Waals surface area (Å²) in [6.07, 6.45) is 1.29. The minimum absolute atomic E-state index is 0.349. The molecule has 4 rings (SSSR count). The molecule has 1 aliphatic rings. The average molecular weight is 284 g/mol. The summed E-state index contributed by atoms with van der Waals surface area (Å²) in [7, 11) is 1.82. The molecular formula is C14H12N4O3. The molecule has 0 bridgehead atoms. The molecular weight excluding hydrogens is 272 g/mol. The van der Waals surface area contributed by atoms with Crippen LogP contribution in [-0.4, -0.2) is 26.5 Å². The van der Waals surface area contributed by atoms with Crippen LogP contribution in [0.15, 0.2) is 41.1 Å². The number of fused-ring (bicyclic) bond motifs is 1. The first-order valence-electron chi connectivity index (χ1n) is 6.52. The number of aromatic nitrogens is 4. The Morgan fingerprint density at radius 2 is 2.05 bits per heavy atom. The lowest BCUT2D eigenvalue weighted by Gasteiger charge is -2.24. The predicted octanol–water partition coefficient (Wildman–Crippen LogP) is 1.98. The lowest BCUT2D eigenvalue weighted by molar-refractivity contribution is 0.0832. The number of para-hydroxylation sites is 2. The van der Waals surface area contributed by atoms with E-state index in [1.165, 1.54) is 0 Å². The standard InChI is InChI=1S/C14H12N4O3/c1-18-9(6-7-15-18)14-16-13(17-21-14)12-8-19-10-4-2-3-5-11(10)20-12/h2-7,12H,8H2,1H3. The third-order valence-electron chi connectivity index (χ3n) is 3.28. The first-order chi connectivity index (χ1) is 10.3. The van der Waals surface area contributed by atoms with Crippen molar-refractivity contribution in [3.8, 4) is 23.1 Å². The van der Waals surface area contributed by atoms with Gasteiger partial charge in [0.05, 0.1) is 0 Å². The highest BCUT2D eigenvalue weighted by molar-refractivity contribution is 5.46. The number of hydrogen-bond donors (Lipinski definition) is 0.